The molecule has 1 aromatic rings. The summed E-state index contributed by atoms with van der Waals surface area (Å²) in [5, 5.41) is 9.91. The van der Waals surface area contributed by atoms with Crippen LogP contribution in [-0.4, -0.2) is 47.5 Å². The number of pyridine rings is 1. The number of nitrogens with two attached hydrogens (primary N) is 1. The fourth-order valence-corrected chi connectivity index (χ4v) is 3.84. The predicted molar refractivity (Wildman–Crippen MR) is 70.8 cm³/mol. The second-order valence-electron chi connectivity index (χ2n) is 4.90. The van der Waals surface area contributed by atoms with E-state index in [0.717, 1.165) is 0 Å². The van der Waals surface area contributed by atoms with Crippen molar-refractivity contribution in [2.45, 2.75) is 43.0 Å². The van der Waals surface area contributed by atoms with Gasteiger partial charge in [0.2, 0.25) is 0 Å². The van der Waals surface area contributed by atoms with Crippen molar-refractivity contribution in [1.29, 1.82) is 0 Å². The summed E-state index contributed by atoms with van der Waals surface area (Å²) in [6.07, 6.45) is 1.83. The van der Waals surface area contributed by atoms with E-state index in [4.69, 9.17) is 5.73 Å². The van der Waals surface area contributed by atoms with Crippen molar-refractivity contribution in [3.8, 4) is 0 Å². The minimum Gasteiger partial charge on any atom is -0.390 e. The van der Waals surface area contributed by atoms with Crippen molar-refractivity contribution >= 4 is 10.0 Å². The van der Waals surface area contributed by atoms with Gasteiger partial charge in [-0.15, -0.1) is 0 Å². The third-order valence-electron chi connectivity index (χ3n) is 3.48. The summed E-state index contributed by atoms with van der Waals surface area (Å²) in [4.78, 5) is 3.89. The lowest BCUT2D eigenvalue weighted by Gasteiger charge is -2.27. The Labute approximate surface area is 113 Å². The Hall–Kier alpha value is -1.02. The highest BCUT2D eigenvalue weighted by Gasteiger charge is 2.35. The first-order valence-corrected chi connectivity index (χ1v) is 7.73. The van der Waals surface area contributed by atoms with Crippen LogP contribution in [0.15, 0.2) is 29.4 Å². The lowest BCUT2D eigenvalue weighted by molar-refractivity contribution is 0.126. The van der Waals surface area contributed by atoms with E-state index in [9.17, 15) is 13.5 Å². The Balaban J connectivity index is 2.33. The van der Waals surface area contributed by atoms with Gasteiger partial charge in [0.05, 0.1) is 6.10 Å². The van der Waals surface area contributed by atoms with Crippen LogP contribution in [0.1, 0.15) is 19.8 Å². The molecule has 0 spiro atoms. The monoisotopic (exact) mass is 285 g/mol. The van der Waals surface area contributed by atoms with Crippen LogP contribution in [0.2, 0.25) is 0 Å². The summed E-state index contributed by atoms with van der Waals surface area (Å²) in [6, 6.07) is 4.17. The Morgan fingerprint density at radius 1 is 1.42 bits per heavy atom. The fourth-order valence-electron chi connectivity index (χ4n) is 2.22. The first kappa shape index (κ1) is 14.4. The standard InChI is InChI=1S/C12H19N3O3S/c1-9-5-6-10(13)11(16)8-15(9)19(17,18)12-4-2-3-7-14-12/h2-4,7,9-11,16H,5-6,8,13H2,1H3/t9-,10+,11-/m1/s1. The molecule has 0 bridgehead atoms. The van der Waals surface area contributed by atoms with Crippen LogP contribution < -0.4 is 5.73 Å². The number of β-amino-alcohol motifs (C(OH)–C–C–N with tert-alkyl or cyclic N) is 1. The average Bonchev–Trinajstić information content (AvgIpc) is 2.53. The van der Waals surface area contributed by atoms with Gasteiger partial charge in [-0.25, -0.2) is 13.4 Å². The zero-order chi connectivity index (χ0) is 14.0. The van der Waals surface area contributed by atoms with E-state index < -0.39 is 16.1 Å². The summed E-state index contributed by atoms with van der Waals surface area (Å²) in [7, 11) is -3.68. The Morgan fingerprint density at radius 3 is 2.79 bits per heavy atom. The molecule has 1 fully saturated rings. The van der Waals surface area contributed by atoms with E-state index in [1.54, 1.807) is 12.1 Å². The van der Waals surface area contributed by atoms with Crippen molar-refractivity contribution in [1.82, 2.24) is 9.29 Å². The molecule has 0 radical (unpaired) electrons. The predicted octanol–water partition coefficient (Wildman–Crippen LogP) is -0.0572. The molecule has 2 rings (SSSR count). The second-order valence-corrected chi connectivity index (χ2v) is 6.74. The van der Waals surface area contributed by atoms with Crippen molar-refractivity contribution in [2.75, 3.05) is 6.54 Å². The van der Waals surface area contributed by atoms with Gasteiger partial charge in [0.25, 0.3) is 10.0 Å². The lowest BCUT2D eigenvalue weighted by Crippen LogP contribution is -2.45. The van der Waals surface area contributed by atoms with Crippen LogP contribution >= 0.6 is 0 Å². The zero-order valence-electron chi connectivity index (χ0n) is 10.8. The van der Waals surface area contributed by atoms with Crippen molar-refractivity contribution < 1.29 is 13.5 Å². The quantitative estimate of drug-likeness (QED) is 0.793. The van der Waals surface area contributed by atoms with E-state index in [0.29, 0.717) is 12.8 Å². The van der Waals surface area contributed by atoms with Crippen LogP contribution in [0.25, 0.3) is 0 Å². The molecule has 1 aliphatic heterocycles. The van der Waals surface area contributed by atoms with E-state index in [-0.39, 0.29) is 23.7 Å². The van der Waals surface area contributed by atoms with Crippen LogP contribution in [-0.2, 0) is 10.0 Å². The maximum atomic E-state index is 12.5. The van der Waals surface area contributed by atoms with E-state index in [1.165, 1.54) is 16.6 Å². The first-order chi connectivity index (χ1) is 8.93. The summed E-state index contributed by atoms with van der Waals surface area (Å²) >= 11 is 0. The molecule has 106 valence electrons. The van der Waals surface area contributed by atoms with Gasteiger partial charge < -0.3 is 10.8 Å². The normalized spacial score (nSPS) is 29.9. The molecular weight excluding hydrogens is 266 g/mol. The molecule has 0 saturated carbocycles. The summed E-state index contributed by atoms with van der Waals surface area (Å²) < 4.78 is 26.3. The van der Waals surface area contributed by atoms with E-state index in [1.807, 2.05) is 6.92 Å². The number of rotatable bonds is 2. The second kappa shape index (κ2) is 5.54. The van der Waals surface area contributed by atoms with Crippen LogP contribution in [0.5, 0.6) is 0 Å². The third-order valence-corrected chi connectivity index (χ3v) is 5.38. The van der Waals surface area contributed by atoms with Crippen LogP contribution in [0.3, 0.4) is 0 Å². The Bertz CT molecular complexity index is 520. The maximum Gasteiger partial charge on any atom is 0.260 e. The molecule has 6 nitrogen and oxygen atoms in total. The Morgan fingerprint density at radius 2 is 2.16 bits per heavy atom. The lowest BCUT2D eigenvalue weighted by atomic mass is 10.1. The van der Waals surface area contributed by atoms with Gasteiger partial charge in [0, 0.05) is 24.8 Å². The summed E-state index contributed by atoms with van der Waals surface area (Å²) in [5.74, 6) is 0. The number of hydrogen-bond acceptors (Lipinski definition) is 5. The molecule has 1 saturated heterocycles. The first-order valence-electron chi connectivity index (χ1n) is 6.29. The Kier molecular flexibility index (Phi) is 4.19. The summed E-state index contributed by atoms with van der Waals surface area (Å²) in [6.45, 7) is 1.84. The molecule has 3 N–H and O–H groups in total. The largest absolute Gasteiger partial charge is 0.390 e. The minimum atomic E-state index is -3.68. The van der Waals surface area contributed by atoms with Gasteiger partial charge in [-0.3, -0.25) is 0 Å². The number of aromatic nitrogens is 1. The van der Waals surface area contributed by atoms with Crippen LogP contribution in [0.4, 0.5) is 0 Å². The van der Waals surface area contributed by atoms with Crippen molar-refractivity contribution in [3.63, 3.8) is 0 Å². The molecule has 1 aliphatic rings. The highest BCUT2D eigenvalue weighted by atomic mass is 32.2. The molecule has 0 unspecified atom stereocenters. The van der Waals surface area contributed by atoms with Gasteiger partial charge >= 0.3 is 0 Å². The highest BCUT2D eigenvalue weighted by molar-refractivity contribution is 7.89. The van der Waals surface area contributed by atoms with Gasteiger partial charge in [0.1, 0.15) is 0 Å². The smallest absolute Gasteiger partial charge is 0.260 e. The molecule has 0 aliphatic carbocycles. The topological polar surface area (TPSA) is 96.5 Å². The number of sulfonamides is 1. The number of hydrogen-bond donors (Lipinski definition) is 2. The van der Waals surface area contributed by atoms with Crippen molar-refractivity contribution in [3.05, 3.63) is 24.4 Å². The van der Waals surface area contributed by atoms with Gasteiger partial charge in [0.15, 0.2) is 5.03 Å². The number of nitrogens with zero attached hydrogens (tertiary/aromatic N) is 2. The van der Waals surface area contributed by atoms with Crippen molar-refractivity contribution in [2.24, 2.45) is 5.73 Å². The molecule has 0 aromatic carbocycles. The molecule has 1 aromatic heterocycles. The average molecular weight is 285 g/mol. The fraction of sp³-hybridized carbons (Fsp3) is 0.583. The molecule has 3 atom stereocenters. The SMILES string of the molecule is C[C@@H]1CC[C@H](N)[C@H](O)CN1S(=O)(=O)c1ccccn1. The van der Waals surface area contributed by atoms with Gasteiger partial charge in [-0.05, 0) is 31.9 Å². The van der Waals surface area contributed by atoms with E-state index in [2.05, 4.69) is 4.98 Å². The zero-order valence-corrected chi connectivity index (χ0v) is 11.6. The molecule has 2 heterocycles. The molecule has 0 amide bonds. The summed E-state index contributed by atoms with van der Waals surface area (Å²) in [5.41, 5.74) is 5.80. The van der Waals surface area contributed by atoms with Crippen LogP contribution in [0, 0.1) is 0 Å². The van der Waals surface area contributed by atoms with Gasteiger partial charge in [-0.2, -0.15) is 4.31 Å². The third kappa shape index (κ3) is 2.94. The molecule has 19 heavy (non-hydrogen) atoms. The number of aliphatic hydroxyl groups excluding tert-OH is 1. The molecule has 7 heteroatoms. The van der Waals surface area contributed by atoms with E-state index >= 15 is 0 Å². The minimum absolute atomic E-state index is 0.00419. The number of aliphatic hydroxyl groups is 1. The van der Waals surface area contributed by atoms with Gasteiger partial charge in [-0.1, -0.05) is 6.07 Å². The highest BCUT2D eigenvalue weighted by Crippen LogP contribution is 2.23. The molecular formula is C12H19N3O3S. The maximum absolute atomic E-state index is 12.5.